The highest BCUT2D eigenvalue weighted by Crippen LogP contribution is 2.46. The van der Waals surface area contributed by atoms with Crippen molar-refractivity contribution >= 4 is 35.4 Å². The molecule has 0 atom stereocenters. The molecular formula is C126H80O10. The number of hydrogen-bond acceptors (Lipinski definition) is 10. The number of hydrogen-bond donors (Lipinski definition) is 0. The van der Waals surface area contributed by atoms with Gasteiger partial charge in [0, 0.05) is 44.5 Å². The van der Waals surface area contributed by atoms with Gasteiger partial charge >= 0.3 is 23.9 Å². The Morgan fingerprint density at radius 3 is 0.456 bits per heavy atom. The van der Waals surface area contributed by atoms with Gasteiger partial charge in [0.15, 0.2) is 11.6 Å². The van der Waals surface area contributed by atoms with Crippen molar-refractivity contribution in [2.24, 2.45) is 0 Å². The predicted molar refractivity (Wildman–Crippen MR) is 530 cm³/mol. The van der Waals surface area contributed by atoms with E-state index in [1.807, 2.05) is 364 Å². The van der Waals surface area contributed by atoms with Crippen molar-refractivity contribution in [3.8, 4) is 70.4 Å². The number of ketones is 2. The van der Waals surface area contributed by atoms with Gasteiger partial charge in [-0.15, -0.1) is 0 Å². The third-order valence-electron chi connectivity index (χ3n) is 24.4. The molecule has 0 fully saturated rings. The van der Waals surface area contributed by atoms with E-state index in [1.165, 1.54) is 0 Å². The number of esters is 4. The number of carbonyl (C=O) groups excluding carboxylic acids is 6. The fourth-order valence-corrected chi connectivity index (χ4v) is 17.5. The van der Waals surface area contributed by atoms with Gasteiger partial charge in [-0.25, -0.2) is 19.2 Å². The Morgan fingerprint density at radius 2 is 0.294 bits per heavy atom. The van der Waals surface area contributed by atoms with Gasteiger partial charge in [-0.1, -0.05) is 387 Å². The average molecular weight is 1750 g/mol. The number of rotatable bonds is 8. The lowest BCUT2D eigenvalue weighted by atomic mass is 9.69. The zero-order valence-electron chi connectivity index (χ0n) is 73.3. The minimum Gasteiger partial charge on any atom is -0.423 e. The molecule has 0 saturated carbocycles. The minimum atomic E-state index is -1.11. The van der Waals surface area contributed by atoms with Crippen LogP contribution >= 0.6 is 0 Å². The molecule has 0 saturated heterocycles. The molecule has 0 radical (unpaired) electrons. The molecule has 28 rings (SSSR count). The van der Waals surface area contributed by atoms with Crippen molar-refractivity contribution in [3.05, 3.63) is 619 Å². The number of ether oxygens (including phenoxy) is 4. The number of carbonyl (C=O) groups is 6. The van der Waals surface area contributed by atoms with Crippen LogP contribution in [0.1, 0.15) is 162 Å². The zero-order valence-corrected chi connectivity index (χ0v) is 73.3. The van der Waals surface area contributed by atoms with Gasteiger partial charge < -0.3 is 18.9 Å². The summed E-state index contributed by atoms with van der Waals surface area (Å²) in [6.45, 7) is 0. The lowest BCUT2D eigenvalue weighted by molar-refractivity contribution is 0.0725. The summed E-state index contributed by atoms with van der Waals surface area (Å²) in [7, 11) is 0. The van der Waals surface area contributed by atoms with Gasteiger partial charge in [-0.2, -0.15) is 0 Å². The summed E-state index contributed by atoms with van der Waals surface area (Å²) >= 11 is 0. The van der Waals surface area contributed by atoms with E-state index in [1.54, 1.807) is 121 Å². The first-order chi connectivity index (χ1) is 66.8. The van der Waals surface area contributed by atoms with E-state index in [4.69, 9.17) is 18.9 Å². The highest BCUT2D eigenvalue weighted by molar-refractivity contribution is 6.11. The highest BCUT2D eigenvalue weighted by Gasteiger charge is 2.40. The summed E-state index contributed by atoms with van der Waals surface area (Å²) in [5, 5.41) is 0. The Balaban J connectivity index is 0.667. The van der Waals surface area contributed by atoms with Crippen molar-refractivity contribution in [1.82, 2.24) is 0 Å². The van der Waals surface area contributed by atoms with Crippen molar-refractivity contribution in [2.75, 3.05) is 0 Å². The van der Waals surface area contributed by atoms with Crippen LogP contribution in [0.3, 0.4) is 0 Å². The van der Waals surface area contributed by atoms with Gasteiger partial charge in [0.2, 0.25) is 0 Å². The van der Waals surface area contributed by atoms with Crippen molar-refractivity contribution < 1.29 is 47.7 Å². The van der Waals surface area contributed by atoms with Gasteiger partial charge in [0.25, 0.3) is 0 Å². The third kappa shape index (κ3) is 18.0. The smallest absolute Gasteiger partial charge is 0.343 e. The van der Waals surface area contributed by atoms with Gasteiger partial charge in [-0.05, 0) is 212 Å². The van der Waals surface area contributed by atoms with Crippen molar-refractivity contribution in [3.63, 3.8) is 0 Å². The second-order valence-corrected chi connectivity index (χ2v) is 32.7. The summed E-state index contributed by atoms with van der Waals surface area (Å²) in [4.78, 5) is 85.8. The largest absolute Gasteiger partial charge is 0.423 e. The topological polar surface area (TPSA) is 139 Å². The maximum atomic E-state index is 14.3. The van der Waals surface area contributed by atoms with E-state index in [9.17, 15) is 28.8 Å². The van der Waals surface area contributed by atoms with E-state index >= 15 is 0 Å². The van der Waals surface area contributed by atoms with Crippen LogP contribution in [-0.2, 0) is 21.7 Å². The van der Waals surface area contributed by atoms with E-state index in [2.05, 4.69) is 47.4 Å². The van der Waals surface area contributed by atoms with Gasteiger partial charge in [0.05, 0.1) is 22.3 Å². The maximum Gasteiger partial charge on any atom is 0.343 e. The molecule has 18 aromatic carbocycles. The Hall–Kier alpha value is -18.6. The molecule has 10 heterocycles. The lowest BCUT2D eigenvalue weighted by Gasteiger charge is -2.31. The van der Waals surface area contributed by atoms with Crippen LogP contribution in [0.15, 0.2) is 485 Å². The molecule has 10 nitrogen and oxygen atoms in total. The Labute approximate surface area is 788 Å². The van der Waals surface area contributed by atoms with Crippen LogP contribution in [0.2, 0.25) is 0 Å². The lowest BCUT2D eigenvalue weighted by Crippen LogP contribution is -2.28. The molecule has 644 valence electrons. The summed E-state index contributed by atoms with van der Waals surface area (Å²) in [5.41, 5.74) is 10.3. The van der Waals surface area contributed by atoms with E-state index in [0.717, 1.165) is 66.8 Å². The minimum absolute atomic E-state index is 0.206. The van der Waals surface area contributed by atoms with Crippen LogP contribution in [0.4, 0.5) is 0 Å². The molecule has 10 aliphatic rings. The van der Waals surface area contributed by atoms with E-state index in [-0.39, 0.29) is 56.8 Å². The van der Waals surface area contributed by atoms with Crippen LogP contribution in [0.5, 0.6) is 23.0 Å². The Bertz CT molecular complexity index is 6670. The van der Waals surface area contributed by atoms with Gasteiger partial charge in [0.1, 0.15) is 44.7 Å². The number of benzene rings is 18. The molecule has 0 aromatic heterocycles. The summed E-state index contributed by atoms with van der Waals surface area (Å²) < 4.78 is 24.8. The molecule has 10 aliphatic heterocycles. The first kappa shape index (κ1) is 86.8. The highest BCUT2D eigenvalue weighted by atomic mass is 16.5. The molecule has 18 aromatic rings. The summed E-state index contributed by atoms with van der Waals surface area (Å²) in [6, 6.07) is 150. The fraction of sp³-hybridized carbons (Fsp3) is 0.0317. The standard InChI is InChI=1S/C126H80O10/c127-117-93-61-69-97(70-62-93)119(129)133-113-49-25-45-109(85-113)123(101-29-9-1-10-30-101,102-31-11-2-12-32-102)81-77-89-53-55-90(56-54-89)78-82-124(103-33-13-3-14-34-103,104-35-15-4-16-36-104)110-46-26-50-114(86-110)134-120(130)99-73-65-95(66-74-99)118(128)96-67-75-100(76-68-96)122(132)136-116-52-28-48-112(88-116)126(107-41-21-7-22-42-107,108-43-23-8-24-44-108)84-80-92-59-57-91(58-60-92)79-83-125(105-37-17-5-18-38-105,106-39-19-6-20-40-106)111-47-27-51-115(87-111)135-121(131)98-71-63-94(117)64-72-98/h1-76,85-88H. The first-order valence-electron chi connectivity index (χ1n) is 44.4. The second kappa shape index (κ2) is 39.0. The van der Waals surface area contributed by atoms with E-state index < -0.39 is 45.5 Å². The molecule has 10 heteroatoms. The molecule has 0 amide bonds. The molecule has 0 N–H and O–H groups in total. The third-order valence-corrected chi connectivity index (χ3v) is 24.4. The van der Waals surface area contributed by atoms with Crippen molar-refractivity contribution in [2.45, 2.75) is 21.7 Å². The maximum absolute atomic E-state index is 14.3. The fourth-order valence-electron chi connectivity index (χ4n) is 17.5. The van der Waals surface area contributed by atoms with Gasteiger partial charge in [-0.3, -0.25) is 9.59 Å². The SMILES string of the molecule is O=C1Oc2cccc(c2)C(c2ccccc2)(c2ccccc2)C#Cc2ccc(cc2)C#CC(c2ccccc2)(c2ccccc2)c2cccc(c2)OC(=O)c2ccc(cc2)C(=O)c2ccc(cc2)C(=O)Oc2cccc(c2)C(c2ccccc2)(c2ccccc2)C#Cc2ccc(cc2)C#CC(c2ccccc2)(c2ccccc2)c2cccc(c2)OC(=O)c2ccc(cc2)C(=O)c2ccc1cc2. The van der Waals surface area contributed by atoms with Crippen molar-refractivity contribution in [1.29, 1.82) is 0 Å². The Morgan fingerprint density at radius 1 is 0.147 bits per heavy atom. The molecule has 20 bridgehead atoms. The summed E-state index contributed by atoms with van der Waals surface area (Å²) in [5.74, 6) is 27.0. The average Bonchev–Trinajstić information content (AvgIpc) is 0.763. The Kier molecular flexibility index (Phi) is 24.9. The quantitative estimate of drug-likeness (QED) is 0.0820. The van der Waals surface area contributed by atoms with Crippen LogP contribution in [-0.4, -0.2) is 35.4 Å². The molecule has 0 unspecified atom stereocenters. The van der Waals surface area contributed by atoms with Crippen LogP contribution in [0.25, 0.3) is 0 Å². The van der Waals surface area contributed by atoms with Crippen LogP contribution < -0.4 is 18.9 Å². The molecule has 136 heavy (non-hydrogen) atoms. The normalized spacial score (nSPS) is 13.9. The molecular weight excluding hydrogens is 1670 g/mol. The molecule has 0 spiro atoms. The van der Waals surface area contributed by atoms with E-state index in [0.29, 0.717) is 44.5 Å². The zero-order chi connectivity index (χ0) is 92.7. The monoisotopic (exact) mass is 1750 g/mol. The predicted octanol–water partition coefficient (Wildman–Crippen LogP) is 24.9. The van der Waals surface area contributed by atoms with Crippen LogP contribution in [0, 0.1) is 47.4 Å². The molecule has 0 aliphatic carbocycles. The summed E-state index contributed by atoms with van der Waals surface area (Å²) in [6.07, 6.45) is 0. The first-order valence-corrected chi connectivity index (χ1v) is 44.4. The second-order valence-electron chi connectivity index (χ2n) is 32.7.